The second-order valence-electron chi connectivity index (χ2n) is 3.78. The molecule has 104 valence electrons. The van der Waals surface area contributed by atoms with Gasteiger partial charge in [-0.2, -0.15) is 5.10 Å². The summed E-state index contributed by atoms with van der Waals surface area (Å²) in [5.41, 5.74) is 0.0280. The third-order valence-corrected chi connectivity index (χ3v) is 2.37. The molecule has 0 spiro atoms. The molecule has 0 saturated heterocycles. The van der Waals surface area contributed by atoms with E-state index in [-0.39, 0.29) is 23.5 Å². The molecule has 2 aromatic rings. The Hall–Kier alpha value is -3.10. The number of nitrogens with zero attached hydrogens (tertiary/aromatic N) is 2. The molecule has 20 heavy (non-hydrogen) atoms. The summed E-state index contributed by atoms with van der Waals surface area (Å²) < 4.78 is 0. The van der Waals surface area contributed by atoms with Gasteiger partial charge in [0.25, 0.3) is 0 Å². The van der Waals surface area contributed by atoms with Crippen LogP contribution in [0, 0.1) is 0 Å². The van der Waals surface area contributed by atoms with Crippen molar-refractivity contribution in [1.29, 1.82) is 0 Å². The first-order valence-corrected chi connectivity index (χ1v) is 5.51. The number of carbonyl (C=O) groups is 2. The van der Waals surface area contributed by atoms with Crippen molar-refractivity contribution >= 4 is 17.7 Å². The number of H-pyrrole nitrogens is 1. The van der Waals surface area contributed by atoms with Gasteiger partial charge in [-0.15, -0.1) is 0 Å². The number of carboxylic acids is 1. The molecule has 9 nitrogen and oxygen atoms in total. The third-order valence-electron chi connectivity index (χ3n) is 2.37. The molecule has 1 aromatic carbocycles. The largest absolute Gasteiger partial charge is 0.506 e. The number of phenols is 1. The lowest BCUT2D eigenvalue weighted by atomic mass is 10.2. The first-order valence-electron chi connectivity index (χ1n) is 5.51. The standard InChI is InChI=1S/C11H11N5O4/c17-8-3-6(10(18)19)1-2-7(8)15-11(20)12-4-9-13-5-14-16-9/h1-3,5,17H,4H2,(H,18,19)(H2,12,15,20)(H,13,14,16). The zero-order valence-corrected chi connectivity index (χ0v) is 10.1. The average molecular weight is 277 g/mol. The predicted octanol–water partition coefficient (Wildman–Crippen LogP) is 0.530. The Bertz CT molecular complexity index is 626. The van der Waals surface area contributed by atoms with Gasteiger partial charge in [0, 0.05) is 0 Å². The van der Waals surface area contributed by atoms with Gasteiger partial charge in [-0.1, -0.05) is 0 Å². The Labute approximate surface area is 112 Å². The number of carbonyl (C=O) groups excluding carboxylic acids is 1. The van der Waals surface area contributed by atoms with E-state index in [2.05, 4.69) is 25.8 Å². The fourth-order valence-electron chi connectivity index (χ4n) is 1.42. The molecule has 5 N–H and O–H groups in total. The molecule has 0 aliphatic heterocycles. The Morgan fingerprint density at radius 3 is 2.75 bits per heavy atom. The van der Waals surface area contributed by atoms with Crippen LogP contribution in [0.4, 0.5) is 10.5 Å². The Balaban J connectivity index is 1.95. The number of phenolic OH excluding ortho intramolecular Hbond substituents is 1. The van der Waals surface area contributed by atoms with E-state index in [1.54, 1.807) is 0 Å². The van der Waals surface area contributed by atoms with Crippen LogP contribution in [0.5, 0.6) is 5.75 Å². The second-order valence-corrected chi connectivity index (χ2v) is 3.78. The zero-order valence-electron chi connectivity index (χ0n) is 10.1. The van der Waals surface area contributed by atoms with Crippen molar-refractivity contribution in [3.8, 4) is 5.75 Å². The first-order chi connectivity index (χ1) is 9.56. The zero-order chi connectivity index (χ0) is 14.5. The Kier molecular flexibility index (Phi) is 3.80. The smallest absolute Gasteiger partial charge is 0.335 e. The lowest BCUT2D eigenvalue weighted by Gasteiger charge is -2.08. The van der Waals surface area contributed by atoms with Gasteiger partial charge in [-0.05, 0) is 18.2 Å². The summed E-state index contributed by atoms with van der Waals surface area (Å²) >= 11 is 0. The number of aromatic nitrogens is 3. The van der Waals surface area contributed by atoms with Crippen LogP contribution in [0.15, 0.2) is 24.5 Å². The van der Waals surface area contributed by atoms with E-state index in [1.807, 2.05) is 0 Å². The normalized spacial score (nSPS) is 10.0. The quantitative estimate of drug-likeness (QED) is 0.516. The van der Waals surface area contributed by atoms with E-state index in [0.717, 1.165) is 6.07 Å². The van der Waals surface area contributed by atoms with Crippen molar-refractivity contribution in [3.05, 3.63) is 35.9 Å². The molecule has 0 aliphatic rings. The van der Waals surface area contributed by atoms with Gasteiger partial charge < -0.3 is 20.8 Å². The highest BCUT2D eigenvalue weighted by molar-refractivity contribution is 5.93. The lowest BCUT2D eigenvalue weighted by Crippen LogP contribution is -2.28. The Morgan fingerprint density at radius 1 is 1.35 bits per heavy atom. The number of aromatic amines is 1. The van der Waals surface area contributed by atoms with Crippen LogP contribution < -0.4 is 10.6 Å². The molecule has 1 aromatic heterocycles. The SMILES string of the molecule is O=C(NCc1ncn[nH]1)Nc1ccc(C(=O)O)cc1O. The summed E-state index contributed by atoms with van der Waals surface area (Å²) in [7, 11) is 0. The Morgan fingerprint density at radius 2 is 2.15 bits per heavy atom. The van der Waals surface area contributed by atoms with Gasteiger partial charge in [0.15, 0.2) is 0 Å². The predicted molar refractivity (Wildman–Crippen MR) is 67.3 cm³/mol. The summed E-state index contributed by atoms with van der Waals surface area (Å²) in [6.45, 7) is 0.139. The second kappa shape index (κ2) is 5.69. The fourth-order valence-corrected chi connectivity index (χ4v) is 1.42. The summed E-state index contributed by atoms with van der Waals surface area (Å²) in [6, 6.07) is 3.05. The highest BCUT2D eigenvalue weighted by atomic mass is 16.4. The molecule has 0 bridgehead atoms. The number of anilines is 1. The van der Waals surface area contributed by atoms with Gasteiger partial charge in [0.1, 0.15) is 17.9 Å². The van der Waals surface area contributed by atoms with Crippen LogP contribution in [0.3, 0.4) is 0 Å². The maximum atomic E-state index is 11.6. The molecule has 0 aliphatic carbocycles. The van der Waals surface area contributed by atoms with Gasteiger partial charge >= 0.3 is 12.0 Å². The van der Waals surface area contributed by atoms with E-state index in [1.165, 1.54) is 18.5 Å². The monoisotopic (exact) mass is 277 g/mol. The average Bonchev–Trinajstić information content (AvgIpc) is 2.91. The molecule has 0 radical (unpaired) electrons. The van der Waals surface area contributed by atoms with Gasteiger partial charge in [-0.3, -0.25) is 5.10 Å². The molecule has 0 atom stereocenters. The van der Waals surface area contributed by atoms with Crippen LogP contribution in [0.25, 0.3) is 0 Å². The van der Waals surface area contributed by atoms with E-state index < -0.39 is 12.0 Å². The molecular formula is C11H11N5O4. The maximum Gasteiger partial charge on any atom is 0.335 e. The van der Waals surface area contributed by atoms with E-state index in [4.69, 9.17) is 5.11 Å². The first kappa shape index (κ1) is 13.3. The molecule has 0 unspecified atom stereocenters. The van der Waals surface area contributed by atoms with Crippen LogP contribution >= 0.6 is 0 Å². The van der Waals surface area contributed by atoms with Crippen molar-refractivity contribution in [2.24, 2.45) is 0 Å². The molecule has 0 saturated carbocycles. The van der Waals surface area contributed by atoms with E-state index in [9.17, 15) is 14.7 Å². The minimum absolute atomic E-state index is 0.0740. The van der Waals surface area contributed by atoms with Crippen LogP contribution in [-0.2, 0) is 6.54 Å². The number of hydrogen-bond donors (Lipinski definition) is 5. The molecule has 1 heterocycles. The minimum atomic E-state index is -1.17. The maximum absolute atomic E-state index is 11.6. The van der Waals surface area contributed by atoms with Crippen LogP contribution in [0.2, 0.25) is 0 Å². The molecule has 2 amide bonds. The number of aromatic hydroxyl groups is 1. The van der Waals surface area contributed by atoms with Crippen molar-refractivity contribution in [1.82, 2.24) is 20.5 Å². The van der Waals surface area contributed by atoms with Gasteiger partial charge in [0.05, 0.1) is 17.8 Å². The molecule has 0 fully saturated rings. The van der Waals surface area contributed by atoms with Gasteiger partial charge in [0.2, 0.25) is 0 Å². The number of carboxylic acid groups (broad SMARTS) is 1. The van der Waals surface area contributed by atoms with Crippen LogP contribution in [-0.4, -0.2) is 37.4 Å². The number of hydrogen-bond acceptors (Lipinski definition) is 5. The van der Waals surface area contributed by atoms with Crippen molar-refractivity contribution in [2.75, 3.05) is 5.32 Å². The third kappa shape index (κ3) is 3.22. The van der Waals surface area contributed by atoms with Crippen molar-refractivity contribution in [3.63, 3.8) is 0 Å². The van der Waals surface area contributed by atoms with Gasteiger partial charge in [-0.25, -0.2) is 14.6 Å². The minimum Gasteiger partial charge on any atom is -0.506 e. The number of aromatic carboxylic acids is 1. The highest BCUT2D eigenvalue weighted by Gasteiger charge is 2.10. The van der Waals surface area contributed by atoms with Crippen LogP contribution in [0.1, 0.15) is 16.2 Å². The number of rotatable bonds is 4. The van der Waals surface area contributed by atoms with Crippen molar-refractivity contribution in [2.45, 2.75) is 6.54 Å². The van der Waals surface area contributed by atoms with E-state index >= 15 is 0 Å². The topological polar surface area (TPSA) is 140 Å². The molecule has 2 rings (SSSR count). The summed E-state index contributed by atoms with van der Waals surface area (Å²) in [5.74, 6) is -1.02. The van der Waals surface area contributed by atoms with E-state index in [0.29, 0.717) is 5.82 Å². The number of urea groups is 1. The highest BCUT2D eigenvalue weighted by Crippen LogP contribution is 2.24. The lowest BCUT2D eigenvalue weighted by molar-refractivity contribution is 0.0696. The molecule has 9 heteroatoms. The number of benzene rings is 1. The van der Waals surface area contributed by atoms with Crippen molar-refractivity contribution < 1.29 is 19.8 Å². The fraction of sp³-hybridized carbons (Fsp3) is 0.0909. The summed E-state index contributed by atoms with van der Waals surface area (Å²) in [6.07, 6.45) is 1.31. The summed E-state index contributed by atoms with van der Waals surface area (Å²) in [5, 5.41) is 29.4. The summed E-state index contributed by atoms with van der Waals surface area (Å²) in [4.78, 5) is 26.1. The molecular weight excluding hydrogens is 266 g/mol. The number of amides is 2. The number of nitrogens with one attached hydrogen (secondary N) is 3.